The second-order valence-electron chi connectivity index (χ2n) is 5.33. The van der Waals surface area contributed by atoms with Crippen LogP contribution in [0.25, 0.3) is 0 Å². The van der Waals surface area contributed by atoms with E-state index in [1.54, 1.807) is 0 Å². The van der Waals surface area contributed by atoms with Crippen LogP contribution in [0.2, 0.25) is 0 Å². The quantitative estimate of drug-likeness (QED) is 0.785. The molecule has 1 aromatic heterocycles. The summed E-state index contributed by atoms with van der Waals surface area (Å²) in [6, 6.07) is 4.01. The van der Waals surface area contributed by atoms with Crippen molar-refractivity contribution >= 4 is 16.7 Å². The summed E-state index contributed by atoms with van der Waals surface area (Å²) in [5, 5.41) is 0. The van der Waals surface area contributed by atoms with Gasteiger partial charge in [0, 0.05) is 17.5 Å². The molecule has 1 rings (SSSR count). The van der Waals surface area contributed by atoms with Crippen molar-refractivity contribution in [2.45, 2.75) is 52.2 Å². The molecule has 0 unspecified atom stereocenters. The lowest BCUT2D eigenvalue weighted by atomic mass is 10.1. The van der Waals surface area contributed by atoms with Crippen LogP contribution in [0, 0.1) is 0 Å². The minimum absolute atomic E-state index is 0.323. The van der Waals surface area contributed by atoms with Crippen molar-refractivity contribution in [1.82, 2.24) is 4.98 Å². The first kappa shape index (κ1) is 15.0. The summed E-state index contributed by atoms with van der Waals surface area (Å²) in [7, 11) is -1.22. The number of rotatable bonds is 4. The Labute approximate surface area is 112 Å². The van der Waals surface area contributed by atoms with Gasteiger partial charge in [-0.15, -0.1) is 0 Å². The molecular weight excluding hydrogens is 244 g/mol. The van der Waals surface area contributed by atoms with Gasteiger partial charge in [0.15, 0.2) is 0 Å². The Hall–Kier alpha value is -1.03. The SMILES string of the molecule is CCCc1ccc(C(C)=N[S@](=O)C(C)(C)C)cn1. The third-order valence-electron chi connectivity index (χ3n) is 2.49. The minimum Gasteiger partial charge on any atom is -0.261 e. The van der Waals surface area contributed by atoms with E-state index in [1.165, 1.54) is 0 Å². The van der Waals surface area contributed by atoms with Crippen LogP contribution in [0.4, 0.5) is 0 Å². The predicted octanol–water partition coefficient (Wildman–Crippen LogP) is 3.31. The van der Waals surface area contributed by atoms with Crippen molar-refractivity contribution in [2.24, 2.45) is 4.40 Å². The molecule has 0 aromatic carbocycles. The van der Waals surface area contributed by atoms with Gasteiger partial charge in [-0.3, -0.25) is 4.98 Å². The summed E-state index contributed by atoms with van der Waals surface area (Å²) in [5.74, 6) is 0. The zero-order valence-electron chi connectivity index (χ0n) is 11.9. The van der Waals surface area contributed by atoms with Gasteiger partial charge >= 0.3 is 0 Å². The highest BCUT2D eigenvalue weighted by atomic mass is 32.2. The van der Waals surface area contributed by atoms with Crippen LogP contribution in [0.1, 0.15) is 52.3 Å². The number of hydrogen-bond acceptors (Lipinski definition) is 2. The van der Waals surface area contributed by atoms with Crippen molar-refractivity contribution < 1.29 is 4.21 Å². The third kappa shape index (κ3) is 4.33. The maximum atomic E-state index is 11.9. The lowest BCUT2D eigenvalue weighted by Gasteiger charge is -2.14. The Morgan fingerprint density at radius 2 is 2.06 bits per heavy atom. The van der Waals surface area contributed by atoms with E-state index in [0.29, 0.717) is 0 Å². The molecule has 4 heteroatoms. The molecule has 1 atom stereocenters. The van der Waals surface area contributed by atoms with Crippen molar-refractivity contribution in [2.75, 3.05) is 0 Å². The highest BCUT2D eigenvalue weighted by molar-refractivity contribution is 7.85. The summed E-state index contributed by atoms with van der Waals surface area (Å²) in [6.07, 6.45) is 3.89. The average Bonchev–Trinajstić information content (AvgIpc) is 2.29. The lowest BCUT2D eigenvalue weighted by molar-refractivity contribution is 0.650. The molecule has 0 spiro atoms. The van der Waals surface area contributed by atoms with Crippen molar-refractivity contribution in [3.05, 3.63) is 29.6 Å². The first-order valence-electron chi connectivity index (χ1n) is 6.27. The third-order valence-corrected chi connectivity index (χ3v) is 3.98. The lowest BCUT2D eigenvalue weighted by Crippen LogP contribution is -2.20. The van der Waals surface area contributed by atoms with E-state index in [9.17, 15) is 4.21 Å². The van der Waals surface area contributed by atoms with Gasteiger partial charge < -0.3 is 0 Å². The van der Waals surface area contributed by atoms with Crippen LogP contribution in [0.3, 0.4) is 0 Å². The Bertz CT molecular complexity index is 444. The smallest absolute Gasteiger partial charge is 0.145 e. The van der Waals surface area contributed by atoms with Gasteiger partial charge in [-0.25, -0.2) is 4.21 Å². The molecule has 3 nitrogen and oxygen atoms in total. The maximum Gasteiger partial charge on any atom is 0.145 e. The number of pyridine rings is 1. The second kappa shape index (κ2) is 6.23. The molecule has 0 saturated heterocycles. The van der Waals surface area contributed by atoms with E-state index in [1.807, 2.05) is 46.0 Å². The summed E-state index contributed by atoms with van der Waals surface area (Å²) in [4.78, 5) is 4.38. The predicted molar refractivity (Wildman–Crippen MR) is 78.3 cm³/mol. The van der Waals surface area contributed by atoms with E-state index in [4.69, 9.17) is 0 Å². The Morgan fingerprint density at radius 1 is 1.39 bits per heavy atom. The average molecular weight is 266 g/mol. The van der Waals surface area contributed by atoms with Gasteiger partial charge in [-0.05, 0) is 46.2 Å². The van der Waals surface area contributed by atoms with E-state index in [0.717, 1.165) is 29.8 Å². The molecule has 100 valence electrons. The fourth-order valence-corrected chi connectivity index (χ4v) is 1.98. The van der Waals surface area contributed by atoms with Crippen LogP contribution in [0.15, 0.2) is 22.7 Å². The van der Waals surface area contributed by atoms with Gasteiger partial charge in [0.25, 0.3) is 0 Å². The van der Waals surface area contributed by atoms with Gasteiger partial charge in [-0.1, -0.05) is 13.3 Å². The summed E-state index contributed by atoms with van der Waals surface area (Å²) in [6.45, 7) is 9.77. The molecular formula is C14H22N2OS. The molecule has 1 heterocycles. The zero-order chi connectivity index (χ0) is 13.8. The van der Waals surface area contributed by atoms with Crippen LogP contribution < -0.4 is 0 Å². The molecule has 1 aromatic rings. The van der Waals surface area contributed by atoms with Crippen molar-refractivity contribution in [1.29, 1.82) is 0 Å². The number of aryl methyl sites for hydroxylation is 1. The monoisotopic (exact) mass is 266 g/mol. The van der Waals surface area contributed by atoms with Crippen molar-refractivity contribution in [3.63, 3.8) is 0 Å². The molecule has 0 amide bonds. The summed E-state index contributed by atoms with van der Waals surface area (Å²) >= 11 is 0. The largest absolute Gasteiger partial charge is 0.261 e. The zero-order valence-corrected chi connectivity index (χ0v) is 12.7. The Kier molecular flexibility index (Phi) is 5.20. The normalized spacial score (nSPS) is 14.6. The molecule has 0 saturated carbocycles. The van der Waals surface area contributed by atoms with Crippen molar-refractivity contribution in [3.8, 4) is 0 Å². The fraction of sp³-hybridized carbons (Fsp3) is 0.571. The van der Waals surface area contributed by atoms with E-state index in [2.05, 4.69) is 16.3 Å². The Morgan fingerprint density at radius 3 is 2.50 bits per heavy atom. The molecule has 18 heavy (non-hydrogen) atoms. The van der Waals surface area contributed by atoms with E-state index in [-0.39, 0.29) is 4.75 Å². The number of aromatic nitrogens is 1. The summed E-state index contributed by atoms with van der Waals surface area (Å²) < 4.78 is 15.8. The topological polar surface area (TPSA) is 42.3 Å². The number of hydrogen-bond donors (Lipinski definition) is 0. The maximum absolute atomic E-state index is 11.9. The van der Waals surface area contributed by atoms with Crippen LogP contribution in [0.5, 0.6) is 0 Å². The standard InChI is InChI=1S/C14H22N2OS/c1-6-7-13-9-8-12(10-15-13)11(2)16-18(17)14(3,4)5/h8-10H,6-7H2,1-5H3/t18-/m1/s1. The molecule has 0 radical (unpaired) electrons. The number of nitrogens with zero attached hydrogens (tertiary/aromatic N) is 2. The van der Waals surface area contributed by atoms with E-state index < -0.39 is 11.0 Å². The highest BCUT2D eigenvalue weighted by Gasteiger charge is 2.19. The molecule has 0 aliphatic heterocycles. The molecule has 0 N–H and O–H groups in total. The minimum atomic E-state index is -1.22. The molecule has 0 aliphatic carbocycles. The first-order valence-corrected chi connectivity index (χ1v) is 7.38. The van der Waals surface area contributed by atoms with Gasteiger partial charge in [0.2, 0.25) is 0 Å². The van der Waals surface area contributed by atoms with Crippen LogP contribution in [-0.4, -0.2) is 19.7 Å². The Balaban J connectivity index is 2.87. The van der Waals surface area contributed by atoms with Gasteiger partial charge in [0.05, 0.1) is 10.5 Å². The molecule has 0 aliphatic rings. The van der Waals surface area contributed by atoms with E-state index >= 15 is 0 Å². The molecule has 0 fully saturated rings. The first-order chi connectivity index (χ1) is 8.34. The second-order valence-corrected chi connectivity index (χ2v) is 7.23. The van der Waals surface area contributed by atoms with Gasteiger partial charge in [0.1, 0.15) is 11.0 Å². The summed E-state index contributed by atoms with van der Waals surface area (Å²) in [5.41, 5.74) is 2.80. The fourth-order valence-electron chi connectivity index (χ4n) is 1.36. The molecule has 0 bridgehead atoms. The van der Waals surface area contributed by atoms with Crippen LogP contribution in [-0.2, 0) is 17.4 Å². The van der Waals surface area contributed by atoms with Crippen LogP contribution >= 0.6 is 0 Å². The highest BCUT2D eigenvalue weighted by Crippen LogP contribution is 2.14. The van der Waals surface area contributed by atoms with Gasteiger partial charge in [-0.2, -0.15) is 4.40 Å².